The number of nitrogens with zero attached hydrogens (tertiary/aromatic N) is 2. The van der Waals surface area contributed by atoms with Gasteiger partial charge in [-0.1, -0.05) is 13.0 Å². The van der Waals surface area contributed by atoms with E-state index in [1.54, 1.807) is 6.26 Å². The summed E-state index contributed by atoms with van der Waals surface area (Å²) in [5.41, 5.74) is 1.26. The zero-order valence-electron chi connectivity index (χ0n) is 11.9. The third kappa shape index (κ3) is 3.02. The number of pyridine rings is 1. The summed E-state index contributed by atoms with van der Waals surface area (Å²) in [5, 5.41) is 3.39. The van der Waals surface area contributed by atoms with Crippen molar-refractivity contribution in [3.63, 3.8) is 0 Å². The Hall–Kier alpha value is -1.81. The number of aromatic nitrogens is 1. The minimum absolute atomic E-state index is 0.607. The smallest absolute Gasteiger partial charge is 0.133 e. The molecule has 0 saturated heterocycles. The molecule has 1 N–H and O–H groups in total. The molecule has 0 radical (unpaired) electrons. The Bertz CT molecular complexity index is 534. The van der Waals surface area contributed by atoms with E-state index in [0.29, 0.717) is 6.04 Å². The van der Waals surface area contributed by atoms with Crippen LogP contribution in [-0.4, -0.2) is 17.6 Å². The van der Waals surface area contributed by atoms with Crippen molar-refractivity contribution in [2.24, 2.45) is 0 Å². The summed E-state index contributed by atoms with van der Waals surface area (Å²) in [6.45, 7) is 4.75. The first-order chi connectivity index (χ1) is 9.88. The van der Waals surface area contributed by atoms with Gasteiger partial charge >= 0.3 is 0 Å². The molecule has 20 heavy (non-hydrogen) atoms. The van der Waals surface area contributed by atoms with E-state index < -0.39 is 0 Å². The van der Waals surface area contributed by atoms with Gasteiger partial charge in [0.05, 0.1) is 12.8 Å². The molecule has 3 rings (SSSR count). The minimum Gasteiger partial charge on any atom is -0.467 e. The molecule has 0 amide bonds. The van der Waals surface area contributed by atoms with Crippen LogP contribution in [0.5, 0.6) is 0 Å². The lowest BCUT2D eigenvalue weighted by atomic mass is 10.2. The topological polar surface area (TPSA) is 41.3 Å². The fourth-order valence-electron chi connectivity index (χ4n) is 2.42. The zero-order chi connectivity index (χ0) is 13.8. The van der Waals surface area contributed by atoms with Gasteiger partial charge in [-0.3, -0.25) is 0 Å². The summed E-state index contributed by atoms with van der Waals surface area (Å²) in [7, 11) is 0. The number of anilines is 1. The first kappa shape index (κ1) is 13.2. The summed E-state index contributed by atoms with van der Waals surface area (Å²) >= 11 is 0. The van der Waals surface area contributed by atoms with Crippen LogP contribution in [0.1, 0.15) is 31.1 Å². The second-order valence-electron chi connectivity index (χ2n) is 5.20. The second-order valence-corrected chi connectivity index (χ2v) is 5.20. The molecule has 1 aliphatic rings. The maximum Gasteiger partial charge on any atom is 0.133 e. The summed E-state index contributed by atoms with van der Waals surface area (Å²) in [4.78, 5) is 7.00. The normalized spacial score (nSPS) is 14.4. The van der Waals surface area contributed by atoms with Crippen molar-refractivity contribution >= 4 is 5.82 Å². The van der Waals surface area contributed by atoms with E-state index in [4.69, 9.17) is 4.42 Å². The van der Waals surface area contributed by atoms with Crippen LogP contribution in [0.4, 0.5) is 5.82 Å². The molecule has 0 aromatic carbocycles. The van der Waals surface area contributed by atoms with Gasteiger partial charge in [-0.05, 0) is 37.6 Å². The van der Waals surface area contributed by atoms with Gasteiger partial charge in [0, 0.05) is 24.3 Å². The molecule has 0 atom stereocenters. The largest absolute Gasteiger partial charge is 0.467 e. The standard InChI is InChI=1S/C16H21N3O/c1-2-17-11-13-5-3-9-18-16(13)19(14-7-8-14)12-15-6-4-10-20-15/h3-6,9-10,14,17H,2,7-8,11-12H2,1H3. The van der Waals surface area contributed by atoms with E-state index in [0.717, 1.165) is 31.2 Å². The number of hydrogen-bond donors (Lipinski definition) is 1. The predicted molar refractivity (Wildman–Crippen MR) is 79.5 cm³/mol. The van der Waals surface area contributed by atoms with E-state index >= 15 is 0 Å². The molecule has 4 nitrogen and oxygen atoms in total. The summed E-state index contributed by atoms with van der Waals surface area (Å²) < 4.78 is 5.50. The highest BCUT2D eigenvalue weighted by Gasteiger charge is 2.31. The van der Waals surface area contributed by atoms with Crippen molar-refractivity contribution in [1.82, 2.24) is 10.3 Å². The average Bonchev–Trinajstić information content (AvgIpc) is 3.20. The van der Waals surface area contributed by atoms with Gasteiger partial charge in [0.2, 0.25) is 0 Å². The van der Waals surface area contributed by atoms with Crippen molar-refractivity contribution in [3.8, 4) is 0 Å². The highest BCUT2D eigenvalue weighted by molar-refractivity contribution is 5.49. The fourth-order valence-corrected chi connectivity index (χ4v) is 2.42. The van der Waals surface area contributed by atoms with Crippen LogP contribution in [0, 0.1) is 0 Å². The molecule has 0 bridgehead atoms. The maximum atomic E-state index is 5.50. The highest BCUT2D eigenvalue weighted by atomic mass is 16.3. The predicted octanol–water partition coefficient (Wildman–Crippen LogP) is 2.95. The fraction of sp³-hybridized carbons (Fsp3) is 0.438. The molecule has 0 unspecified atom stereocenters. The van der Waals surface area contributed by atoms with Gasteiger partial charge in [-0.2, -0.15) is 0 Å². The van der Waals surface area contributed by atoms with Crippen molar-refractivity contribution in [1.29, 1.82) is 0 Å². The minimum atomic E-state index is 0.607. The highest BCUT2D eigenvalue weighted by Crippen LogP contribution is 2.33. The zero-order valence-corrected chi connectivity index (χ0v) is 11.9. The van der Waals surface area contributed by atoms with Crippen LogP contribution in [0.2, 0.25) is 0 Å². The molecular weight excluding hydrogens is 250 g/mol. The molecule has 2 aromatic rings. The van der Waals surface area contributed by atoms with Crippen LogP contribution in [0.3, 0.4) is 0 Å². The van der Waals surface area contributed by atoms with E-state index in [1.807, 2.05) is 24.4 Å². The molecule has 1 fully saturated rings. The SMILES string of the molecule is CCNCc1cccnc1N(Cc1ccco1)C1CC1. The van der Waals surface area contributed by atoms with Crippen LogP contribution in [0.25, 0.3) is 0 Å². The number of furan rings is 1. The molecule has 1 aliphatic carbocycles. The van der Waals surface area contributed by atoms with Gasteiger partial charge in [0.1, 0.15) is 11.6 Å². The summed E-state index contributed by atoms with van der Waals surface area (Å²) in [6, 6.07) is 8.74. The molecular formula is C16H21N3O. The summed E-state index contributed by atoms with van der Waals surface area (Å²) in [5.74, 6) is 2.09. The first-order valence-corrected chi connectivity index (χ1v) is 7.32. The number of rotatable bonds is 7. The first-order valence-electron chi connectivity index (χ1n) is 7.32. The Kier molecular flexibility index (Phi) is 4.02. The molecule has 2 heterocycles. The monoisotopic (exact) mass is 271 g/mol. The van der Waals surface area contributed by atoms with Gasteiger partial charge in [-0.15, -0.1) is 0 Å². The van der Waals surface area contributed by atoms with E-state index in [-0.39, 0.29) is 0 Å². The molecule has 1 saturated carbocycles. The van der Waals surface area contributed by atoms with Crippen LogP contribution >= 0.6 is 0 Å². The third-order valence-electron chi connectivity index (χ3n) is 3.60. The van der Waals surface area contributed by atoms with Crippen molar-refractivity contribution in [2.75, 3.05) is 11.4 Å². The Morgan fingerprint density at radius 1 is 1.35 bits per heavy atom. The third-order valence-corrected chi connectivity index (χ3v) is 3.60. The Morgan fingerprint density at radius 2 is 2.25 bits per heavy atom. The summed E-state index contributed by atoms with van der Waals surface area (Å²) in [6.07, 6.45) is 6.11. The van der Waals surface area contributed by atoms with Crippen molar-refractivity contribution in [3.05, 3.63) is 48.0 Å². The van der Waals surface area contributed by atoms with Crippen molar-refractivity contribution in [2.45, 2.75) is 38.9 Å². The molecule has 106 valence electrons. The van der Waals surface area contributed by atoms with Crippen molar-refractivity contribution < 1.29 is 4.42 Å². The number of nitrogens with one attached hydrogen (secondary N) is 1. The number of hydrogen-bond acceptors (Lipinski definition) is 4. The van der Waals surface area contributed by atoms with E-state index in [1.165, 1.54) is 18.4 Å². The Balaban J connectivity index is 1.83. The van der Waals surface area contributed by atoms with E-state index in [2.05, 4.69) is 28.2 Å². The average molecular weight is 271 g/mol. The Labute approximate surface area is 119 Å². The molecule has 2 aromatic heterocycles. The Morgan fingerprint density at radius 3 is 2.95 bits per heavy atom. The van der Waals surface area contributed by atoms with Crippen LogP contribution < -0.4 is 10.2 Å². The quantitative estimate of drug-likeness (QED) is 0.840. The van der Waals surface area contributed by atoms with E-state index in [9.17, 15) is 0 Å². The van der Waals surface area contributed by atoms with Crippen LogP contribution in [0.15, 0.2) is 41.1 Å². The molecule has 0 aliphatic heterocycles. The van der Waals surface area contributed by atoms with Crippen LogP contribution in [-0.2, 0) is 13.1 Å². The lowest BCUT2D eigenvalue weighted by Gasteiger charge is -2.25. The van der Waals surface area contributed by atoms with Gasteiger partial charge in [0.15, 0.2) is 0 Å². The van der Waals surface area contributed by atoms with Gasteiger partial charge in [-0.25, -0.2) is 4.98 Å². The lowest BCUT2D eigenvalue weighted by Crippen LogP contribution is -2.28. The maximum absolute atomic E-state index is 5.50. The molecule has 0 spiro atoms. The van der Waals surface area contributed by atoms with Gasteiger partial charge in [0.25, 0.3) is 0 Å². The molecule has 4 heteroatoms. The second kappa shape index (κ2) is 6.09. The van der Waals surface area contributed by atoms with Gasteiger partial charge < -0.3 is 14.6 Å². The lowest BCUT2D eigenvalue weighted by molar-refractivity contribution is 0.499.